The second-order valence-electron chi connectivity index (χ2n) is 6.18. The van der Waals surface area contributed by atoms with Crippen molar-refractivity contribution in [2.45, 2.75) is 46.2 Å². The fourth-order valence-corrected chi connectivity index (χ4v) is 1.36. The Morgan fingerprint density at radius 3 is 1.47 bits per heavy atom. The van der Waals surface area contributed by atoms with E-state index in [1.54, 1.807) is 0 Å². The molecule has 0 atom stereocenters. The molecule has 0 aromatic heterocycles. The van der Waals surface area contributed by atoms with Crippen LogP contribution in [0.15, 0.2) is 0 Å². The molecule has 0 aromatic rings. The second-order valence-corrected chi connectivity index (χ2v) is 6.18. The summed E-state index contributed by atoms with van der Waals surface area (Å²) in [6.45, 7) is 13.2. The summed E-state index contributed by atoms with van der Waals surface area (Å²) < 4.78 is 0. The normalized spacial score (nSPS) is 11.4. The zero-order valence-electron chi connectivity index (χ0n) is 14.6. The molecule has 0 fully saturated rings. The van der Waals surface area contributed by atoms with Crippen LogP contribution < -0.4 is 10.6 Å². The van der Waals surface area contributed by atoms with Crippen LogP contribution in [0.1, 0.15) is 34.1 Å². The van der Waals surface area contributed by atoms with E-state index in [9.17, 15) is 0 Å². The van der Waals surface area contributed by atoms with E-state index in [0.29, 0.717) is 12.1 Å². The van der Waals surface area contributed by atoms with Crippen LogP contribution in [0.2, 0.25) is 0 Å². The van der Waals surface area contributed by atoms with E-state index in [-0.39, 0.29) is 0 Å². The first-order valence-electron chi connectivity index (χ1n) is 7.52. The number of nitrogens with zero attached hydrogens (tertiary/aromatic N) is 2. The highest BCUT2D eigenvalue weighted by Gasteiger charge is 1.92. The lowest BCUT2D eigenvalue weighted by atomic mass is 10.3. The molecule has 0 amide bonds. The van der Waals surface area contributed by atoms with Gasteiger partial charge in [0.05, 0.1) is 0 Å². The summed E-state index contributed by atoms with van der Waals surface area (Å²) in [6.07, 6.45) is 1.24. The summed E-state index contributed by atoms with van der Waals surface area (Å²) in [5.74, 6) is 0. The average Bonchev–Trinajstić information content (AvgIpc) is 2.23. The molecule has 0 saturated heterocycles. The van der Waals surface area contributed by atoms with Gasteiger partial charge in [0.25, 0.3) is 0 Å². The third kappa shape index (κ3) is 27.2. The third-order valence-electron chi connectivity index (χ3n) is 2.45. The molecule has 118 valence electrons. The van der Waals surface area contributed by atoms with Crippen molar-refractivity contribution >= 4 is 0 Å². The predicted octanol–water partition coefficient (Wildman–Crippen LogP) is 1.48. The highest BCUT2D eigenvalue weighted by Crippen LogP contribution is 1.82. The Kier molecular flexibility index (Phi) is 15.9. The van der Waals surface area contributed by atoms with Crippen LogP contribution in [0.5, 0.6) is 0 Å². The molecule has 0 unspecified atom stereocenters. The van der Waals surface area contributed by atoms with Crippen molar-refractivity contribution in [1.82, 2.24) is 20.4 Å². The van der Waals surface area contributed by atoms with Gasteiger partial charge in [0.15, 0.2) is 0 Å². The molecule has 2 N–H and O–H groups in total. The highest BCUT2D eigenvalue weighted by atomic mass is 15.1. The van der Waals surface area contributed by atoms with Gasteiger partial charge in [-0.1, -0.05) is 27.7 Å². The van der Waals surface area contributed by atoms with Crippen molar-refractivity contribution in [3.63, 3.8) is 0 Å². The first kappa shape index (κ1) is 21.1. The van der Waals surface area contributed by atoms with Gasteiger partial charge in [-0.25, -0.2) is 0 Å². The van der Waals surface area contributed by atoms with Crippen LogP contribution in [0, 0.1) is 0 Å². The highest BCUT2D eigenvalue weighted by molar-refractivity contribution is 4.54. The van der Waals surface area contributed by atoms with Gasteiger partial charge in [0.2, 0.25) is 0 Å². The van der Waals surface area contributed by atoms with Crippen LogP contribution >= 0.6 is 0 Å². The smallest absolute Gasteiger partial charge is 0.0101 e. The van der Waals surface area contributed by atoms with E-state index in [1.807, 2.05) is 0 Å². The lowest BCUT2D eigenvalue weighted by Crippen LogP contribution is -2.30. The van der Waals surface area contributed by atoms with Crippen molar-refractivity contribution in [3.05, 3.63) is 0 Å². The average molecular weight is 274 g/mol. The SMILES string of the molecule is CC(C)NCCCN(C)C.CC(C)NCCN(C)C. The topological polar surface area (TPSA) is 30.5 Å². The molecule has 0 bridgehead atoms. The van der Waals surface area contributed by atoms with Gasteiger partial charge in [-0.2, -0.15) is 0 Å². The van der Waals surface area contributed by atoms with Gasteiger partial charge in [-0.3, -0.25) is 0 Å². The van der Waals surface area contributed by atoms with Crippen molar-refractivity contribution in [2.24, 2.45) is 0 Å². The molecule has 0 aromatic carbocycles. The Balaban J connectivity index is 0. The lowest BCUT2D eigenvalue weighted by molar-refractivity contribution is 0.390. The van der Waals surface area contributed by atoms with E-state index in [0.717, 1.165) is 19.6 Å². The minimum atomic E-state index is 0.616. The molecule has 0 heterocycles. The van der Waals surface area contributed by atoms with Crippen molar-refractivity contribution in [3.8, 4) is 0 Å². The summed E-state index contributed by atoms with van der Waals surface area (Å²) in [5, 5.41) is 6.71. The molecule has 0 aliphatic rings. The predicted molar refractivity (Wildman–Crippen MR) is 88.0 cm³/mol. The van der Waals surface area contributed by atoms with E-state index in [1.165, 1.54) is 13.0 Å². The molecule has 0 aliphatic carbocycles. The van der Waals surface area contributed by atoms with E-state index < -0.39 is 0 Å². The van der Waals surface area contributed by atoms with E-state index >= 15 is 0 Å². The molecular weight excluding hydrogens is 236 g/mol. The molecule has 4 heteroatoms. The van der Waals surface area contributed by atoms with Gasteiger partial charge >= 0.3 is 0 Å². The minimum Gasteiger partial charge on any atom is -0.314 e. The molecular formula is C15H38N4. The number of hydrogen-bond donors (Lipinski definition) is 2. The summed E-state index contributed by atoms with van der Waals surface area (Å²) in [4.78, 5) is 4.39. The first-order valence-corrected chi connectivity index (χ1v) is 7.52. The summed E-state index contributed by atoms with van der Waals surface area (Å²) >= 11 is 0. The number of rotatable bonds is 9. The van der Waals surface area contributed by atoms with Gasteiger partial charge < -0.3 is 20.4 Å². The molecule has 4 nitrogen and oxygen atoms in total. The Bertz CT molecular complexity index is 150. The maximum Gasteiger partial charge on any atom is 0.0101 e. The van der Waals surface area contributed by atoms with Crippen LogP contribution in [0.3, 0.4) is 0 Å². The van der Waals surface area contributed by atoms with Gasteiger partial charge in [-0.15, -0.1) is 0 Å². The maximum atomic E-state index is 3.37. The van der Waals surface area contributed by atoms with Crippen molar-refractivity contribution < 1.29 is 0 Å². The molecule has 19 heavy (non-hydrogen) atoms. The molecule has 0 spiro atoms. The van der Waals surface area contributed by atoms with Crippen molar-refractivity contribution in [1.29, 1.82) is 0 Å². The molecule has 0 aliphatic heterocycles. The summed E-state index contributed by atoms with van der Waals surface area (Å²) in [7, 11) is 8.38. The Hall–Kier alpha value is -0.160. The van der Waals surface area contributed by atoms with Crippen LogP contribution in [0.4, 0.5) is 0 Å². The van der Waals surface area contributed by atoms with Gasteiger partial charge in [0, 0.05) is 25.2 Å². The Labute approximate surface area is 121 Å². The standard InChI is InChI=1S/C8H20N2.C7H18N2/c1-8(2)9-6-5-7-10(3)4;1-7(2)8-5-6-9(3)4/h8-9H,5-7H2,1-4H3;7-8H,5-6H2,1-4H3. The number of hydrogen-bond acceptors (Lipinski definition) is 4. The fraction of sp³-hybridized carbons (Fsp3) is 1.00. The molecule has 0 rings (SSSR count). The number of nitrogens with one attached hydrogen (secondary N) is 2. The zero-order valence-corrected chi connectivity index (χ0v) is 14.6. The Morgan fingerprint density at radius 2 is 1.11 bits per heavy atom. The molecule has 0 radical (unpaired) electrons. The summed E-state index contributed by atoms with van der Waals surface area (Å²) in [5.41, 5.74) is 0. The zero-order chi connectivity index (χ0) is 15.3. The largest absolute Gasteiger partial charge is 0.314 e. The fourth-order valence-electron chi connectivity index (χ4n) is 1.36. The third-order valence-corrected chi connectivity index (χ3v) is 2.45. The van der Waals surface area contributed by atoms with E-state index in [4.69, 9.17) is 0 Å². The quantitative estimate of drug-likeness (QED) is 0.624. The molecule has 0 saturated carbocycles. The Morgan fingerprint density at radius 1 is 0.684 bits per heavy atom. The minimum absolute atomic E-state index is 0.616. The first-order chi connectivity index (χ1) is 8.75. The van der Waals surface area contributed by atoms with Crippen LogP contribution in [0.25, 0.3) is 0 Å². The lowest BCUT2D eigenvalue weighted by Gasteiger charge is -2.11. The van der Waals surface area contributed by atoms with Crippen LogP contribution in [-0.4, -0.2) is 76.3 Å². The second kappa shape index (κ2) is 14.3. The van der Waals surface area contributed by atoms with Gasteiger partial charge in [0.1, 0.15) is 0 Å². The van der Waals surface area contributed by atoms with Crippen molar-refractivity contribution in [2.75, 3.05) is 54.4 Å². The van der Waals surface area contributed by atoms with Crippen LogP contribution in [-0.2, 0) is 0 Å². The number of likely N-dealkylation sites (N-methyl/N-ethyl adjacent to an activating group) is 1. The van der Waals surface area contributed by atoms with E-state index in [2.05, 4.69) is 76.3 Å². The maximum absolute atomic E-state index is 3.37. The van der Waals surface area contributed by atoms with Gasteiger partial charge in [-0.05, 0) is 47.7 Å². The monoisotopic (exact) mass is 274 g/mol. The summed E-state index contributed by atoms with van der Waals surface area (Å²) in [6, 6.07) is 1.24.